The first-order valence-electron chi connectivity index (χ1n) is 19.0. The molecule has 0 aromatic heterocycles. The molecule has 0 aromatic rings. The third kappa shape index (κ3) is 7.14. The summed E-state index contributed by atoms with van der Waals surface area (Å²) in [5, 5.41) is 95.2. The molecule has 13 nitrogen and oxygen atoms in total. The Kier molecular flexibility index (Phi) is 11.8. The van der Waals surface area contributed by atoms with Gasteiger partial charge in [-0.2, -0.15) is 0 Å². The van der Waals surface area contributed by atoms with Gasteiger partial charge in [-0.1, -0.05) is 45.9 Å². The highest BCUT2D eigenvalue weighted by molar-refractivity contribution is 5.30. The van der Waals surface area contributed by atoms with Crippen LogP contribution >= 0.6 is 0 Å². The highest BCUT2D eigenvalue weighted by Crippen LogP contribution is 2.68. The monoisotopic (exact) mass is 726 g/mol. The first-order valence-corrected chi connectivity index (χ1v) is 19.0. The molecule has 6 aliphatic rings. The summed E-state index contributed by atoms with van der Waals surface area (Å²) in [5.74, 6) is -0.0853. The van der Waals surface area contributed by atoms with Crippen molar-refractivity contribution in [2.75, 3.05) is 19.8 Å². The molecule has 0 amide bonds. The van der Waals surface area contributed by atoms with Gasteiger partial charge in [-0.15, -0.1) is 0 Å². The zero-order chi connectivity index (χ0) is 37.2. The van der Waals surface area contributed by atoms with E-state index >= 15 is 0 Å². The molecule has 20 atom stereocenters. The van der Waals surface area contributed by atoms with Crippen LogP contribution in [0, 0.1) is 46.3 Å². The minimum Gasteiger partial charge on any atom is -0.390 e. The minimum atomic E-state index is -1.39. The molecule has 2 aliphatic heterocycles. The zero-order valence-corrected chi connectivity index (χ0v) is 30.4. The molecule has 0 spiro atoms. The van der Waals surface area contributed by atoms with Crippen molar-refractivity contribution in [1.29, 1.82) is 0 Å². The minimum absolute atomic E-state index is 0.0180. The summed E-state index contributed by atoms with van der Waals surface area (Å²) in [6, 6.07) is 0. The maximum atomic E-state index is 11.7. The van der Waals surface area contributed by atoms with Crippen LogP contribution in [0.4, 0.5) is 0 Å². The molecule has 5 fully saturated rings. The molecule has 2 saturated heterocycles. The van der Waals surface area contributed by atoms with Gasteiger partial charge < -0.3 is 64.9 Å². The van der Waals surface area contributed by atoms with E-state index in [2.05, 4.69) is 27.4 Å². The Morgan fingerprint density at radius 1 is 0.843 bits per heavy atom. The van der Waals surface area contributed by atoms with Crippen molar-refractivity contribution in [1.82, 2.24) is 0 Å². The van der Waals surface area contributed by atoms with Crippen LogP contribution in [0.25, 0.3) is 0 Å². The van der Waals surface area contributed by atoms with Gasteiger partial charge >= 0.3 is 0 Å². The number of aliphatic hydroxyl groups excluding tert-OH is 9. The quantitative estimate of drug-likeness (QED) is 0.139. The van der Waals surface area contributed by atoms with Crippen molar-refractivity contribution in [2.45, 2.75) is 146 Å². The van der Waals surface area contributed by atoms with E-state index in [0.29, 0.717) is 19.3 Å². The molecule has 292 valence electrons. The third-order valence-corrected chi connectivity index (χ3v) is 14.2. The van der Waals surface area contributed by atoms with Crippen LogP contribution in [0.15, 0.2) is 23.8 Å². The Morgan fingerprint density at radius 3 is 2.14 bits per heavy atom. The van der Waals surface area contributed by atoms with Gasteiger partial charge in [-0.3, -0.25) is 0 Å². The molecule has 13 heteroatoms. The fraction of sp³-hybridized carbons (Fsp3) is 0.895. The fourth-order valence-corrected chi connectivity index (χ4v) is 11.2. The summed E-state index contributed by atoms with van der Waals surface area (Å²) in [6.07, 6.45) is -5.92. The second-order valence-electron chi connectivity index (χ2n) is 17.3. The summed E-state index contributed by atoms with van der Waals surface area (Å²) in [4.78, 5) is 0. The number of ether oxygens (including phenoxy) is 4. The van der Waals surface area contributed by atoms with Crippen LogP contribution in [0.5, 0.6) is 0 Å². The number of hydrogen-bond donors (Lipinski definition) is 9. The van der Waals surface area contributed by atoms with Gasteiger partial charge in [0, 0.05) is 5.92 Å². The molecule has 9 N–H and O–H groups in total. The summed E-state index contributed by atoms with van der Waals surface area (Å²) in [6.45, 7) is 12.8. The highest BCUT2D eigenvalue weighted by atomic mass is 16.7. The van der Waals surface area contributed by atoms with Crippen molar-refractivity contribution in [2.24, 2.45) is 46.3 Å². The highest BCUT2D eigenvalue weighted by Gasteiger charge is 2.66. The molecule has 0 radical (unpaired) electrons. The number of aliphatic hydroxyl groups is 9. The summed E-state index contributed by atoms with van der Waals surface area (Å²) >= 11 is 0. The van der Waals surface area contributed by atoms with E-state index in [9.17, 15) is 46.0 Å². The summed E-state index contributed by atoms with van der Waals surface area (Å²) in [5.41, 5.74) is 1.20. The molecule has 51 heavy (non-hydrogen) atoms. The van der Waals surface area contributed by atoms with E-state index in [1.54, 1.807) is 0 Å². The Morgan fingerprint density at radius 2 is 1.47 bits per heavy atom. The average Bonchev–Trinajstić information content (AvgIpc) is 3.30. The normalized spacial score (nSPS) is 51.1. The van der Waals surface area contributed by atoms with Crippen molar-refractivity contribution in [3.8, 4) is 0 Å². The fourth-order valence-electron chi connectivity index (χ4n) is 11.2. The Bertz CT molecular complexity index is 1260. The second-order valence-corrected chi connectivity index (χ2v) is 17.3. The Hall–Kier alpha value is -1.04. The molecular weight excluding hydrogens is 664 g/mol. The molecule has 4 aliphatic carbocycles. The second kappa shape index (κ2) is 15.2. The smallest absolute Gasteiger partial charge is 0.186 e. The Labute approximate surface area is 300 Å². The van der Waals surface area contributed by atoms with Crippen molar-refractivity contribution >= 4 is 0 Å². The van der Waals surface area contributed by atoms with Gasteiger partial charge in [0.25, 0.3) is 0 Å². The molecular formula is C38H62O13. The lowest BCUT2D eigenvalue weighted by molar-refractivity contribution is -0.279. The van der Waals surface area contributed by atoms with Gasteiger partial charge in [0.2, 0.25) is 0 Å². The predicted octanol–water partition coefficient (Wildman–Crippen LogP) is 0.366. The van der Waals surface area contributed by atoms with Crippen LogP contribution in [0.3, 0.4) is 0 Å². The topological polar surface area (TPSA) is 219 Å². The maximum Gasteiger partial charge on any atom is 0.186 e. The SMILES string of the molecule is C=C(CC[C@@H](C)[C@H]1[C@@H](O)[C@H](O)[C@H]2[C@@H]3C[C@@H](O)C4=C[C@@H](O[C@@H]5OC[C@@H](O)[C@H](O)[C@H]5O)CC[C@]4(C)[C@H]3CC[C@]12C)[C@H](C)CO[C@@H]1OC[C@@H](O)[C@H](O)[C@H]1O. The first kappa shape index (κ1) is 39.6. The van der Waals surface area contributed by atoms with Crippen molar-refractivity contribution < 1.29 is 64.9 Å². The first-order chi connectivity index (χ1) is 24.0. The zero-order valence-electron chi connectivity index (χ0n) is 30.4. The van der Waals surface area contributed by atoms with E-state index in [1.165, 1.54) is 0 Å². The third-order valence-electron chi connectivity index (χ3n) is 14.2. The van der Waals surface area contributed by atoms with Crippen LogP contribution in [-0.2, 0) is 18.9 Å². The maximum absolute atomic E-state index is 11.7. The van der Waals surface area contributed by atoms with Crippen LogP contribution in [0.1, 0.15) is 72.6 Å². The van der Waals surface area contributed by atoms with Crippen molar-refractivity contribution in [3.63, 3.8) is 0 Å². The molecule has 2 heterocycles. The Balaban J connectivity index is 1.08. The lowest BCUT2D eigenvalue weighted by Crippen LogP contribution is -2.57. The van der Waals surface area contributed by atoms with Crippen LogP contribution in [-0.4, -0.2) is 139 Å². The standard InChI is InChI=1S/C38H62O13/c1-17(19(3)14-48-35-33(46)29(42)25(40)15-49-35)6-7-18(2)27-31(44)32(45)28-21-13-24(39)23-12-20(51-36-34(47)30(43)26(41)16-50-36)8-10-37(23,4)22(21)9-11-38(27,28)5/h12,18-22,24-36,39-47H,1,6-11,13-16H2,2-5H3/t18-,19-,20+,21-,22+,24-,25-,26-,27+,28-,29+,30+,31-,32-,33-,34-,35-,36+,37-,38-/m1/s1. The number of hydrogen-bond acceptors (Lipinski definition) is 13. The van der Waals surface area contributed by atoms with Gasteiger partial charge in [-0.25, -0.2) is 0 Å². The number of rotatable bonds is 10. The average molecular weight is 727 g/mol. The number of fused-ring (bicyclic) bond motifs is 5. The predicted molar refractivity (Wildman–Crippen MR) is 182 cm³/mol. The summed E-state index contributed by atoms with van der Waals surface area (Å²) < 4.78 is 22.6. The van der Waals surface area contributed by atoms with E-state index in [0.717, 1.165) is 36.8 Å². The summed E-state index contributed by atoms with van der Waals surface area (Å²) in [7, 11) is 0. The van der Waals surface area contributed by atoms with Gasteiger partial charge in [-0.05, 0) is 90.9 Å². The lowest BCUT2D eigenvalue weighted by Gasteiger charge is -2.60. The van der Waals surface area contributed by atoms with Crippen molar-refractivity contribution in [3.05, 3.63) is 23.8 Å². The van der Waals surface area contributed by atoms with E-state index in [-0.39, 0.29) is 66.2 Å². The van der Waals surface area contributed by atoms with Gasteiger partial charge in [0.05, 0.1) is 44.2 Å². The molecule has 0 bridgehead atoms. The van der Waals surface area contributed by atoms with Gasteiger partial charge in [0.1, 0.15) is 36.6 Å². The molecule has 0 aromatic carbocycles. The van der Waals surface area contributed by atoms with E-state index in [1.807, 2.05) is 13.0 Å². The molecule has 6 rings (SSSR count). The van der Waals surface area contributed by atoms with E-state index in [4.69, 9.17) is 18.9 Å². The van der Waals surface area contributed by atoms with E-state index < -0.39 is 73.6 Å². The lowest BCUT2D eigenvalue weighted by atomic mass is 9.45. The van der Waals surface area contributed by atoms with Gasteiger partial charge in [0.15, 0.2) is 12.6 Å². The molecule has 0 unspecified atom stereocenters. The largest absolute Gasteiger partial charge is 0.390 e. The van der Waals surface area contributed by atoms with Crippen LogP contribution in [0.2, 0.25) is 0 Å². The van der Waals surface area contributed by atoms with Crippen LogP contribution < -0.4 is 0 Å². The molecule has 3 saturated carbocycles.